The number of para-hydroxylation sites is 1. The van der Waals surface area contributed by atoms with Crippen LogP contribution in [-0.4, -0.2) is 4.98 Å². The summed E-state index contributed by atoms with van der Waals surface area (Å²) < 4.78 is 44.8. The molecule has 2 N–H and O–H groups in total. The molecule has 0 aliphatic heterocycles. The highest BCUT2D eigenvalue weighted by atomic mass is 35.5. The molecule has 3 aromatic carbocycles. The molecule has 4 rings (SSSR count). The van der Waals surface area contributed by atoms with Gasteiger partial charge in [0.15, 0.2) is 5.43 Å². The van der Waals surface area contributed by atoms with Crippen LogP contribution in [0.1, 0.15) is 11.1 Å². The van der Waals surface area contributed by atoms with Gasteiger partial charge >= 0.3 is 6.18 Å². The lowest BCUT2D eigenvalue weighted by atomic mass is 10.1. The zero-order valence-electron chi connectivity index (χ0n) is 16.0. The molecule has 4 aromatic rings. The summed E-state index contributed by atoms with van der Waals surface area (Å²) in [6.45, 7) is 0.0803. The van der Waals surface area contributed by atoms with Gasteiger partial charge in [-0.05, 0) is 48.0 Å². The summed E-state index contributed by atoms with van der Waals surface area (Å²) in [7, 11) is 0. The third-order valence-corrected chi connectivity index (χ3v) is 4.93. The normalized spacial score (nSPS) is 11.5. The van der Waals surface area contributed by atoms with E-state index in [2.05, 4.69) is 10.3 Å². The van der Waals surface area contributed by atoms with Crippen LogP contribution in [0.3, 0.4) is 0 Å². The van der Waals surface area contributed by atoms with Crippen LogP contribution in [0.4, 0.5) is 19.0 Å². The van der Waals surface area contributed by atoms with Crippen molar-refractivity contribution in [2.75, 3.05) is 5.32 Å². The maximum Gasteiger partial charge on any atom is 0.417 e. The summed E-state index contributed by atoms with van der Waals surface area (Å²) in [6, 6.07) is 19.3. The summed E-state index contributed by atoms with van der Waals surface area (Å²) >= 11 is 5.65. The van der Waals surface area contributed by atoms with E-state index in [0.717, 1.165) is 6.07 Å². The van der Waals surface area contributed by atoms with Gasteiger partial charge in [-0.3, -0.25) is 4.79 Å². The van der Waals surface area contributed by atoms with Gasteiger partial charge in [0.25, 0.3) is 0 Å². The molecule has 0 aliphatic carbocycles. The molecule has 0 saturated heterocycles. The Morgan fingerprint density at radius 2 is 1.71 bits per heavy atom. The number of hydrogen-bond donors (Lipinski definition) is 2. The fourth-order valence-electron chi connectivity index (χ4n) is 3.11. The van der Waals surface area contributed by atoms with Crippen molar-refractivity contribution >= 4 is 28.3 Å². The number of aromatic amines is 1. The Bertz CT molecular complexity index is 1290. The molecular formula is C23H16ClF3N2O2. The van der Waals surface area contributed by atoms with E-state index in [1.54, 1.807) is 18.2 Å². The Kier molecular flexibility index (Phi) is 5.61. The predicted octanol–water partition coefficient (Wildman–Crippen LogP) is 6.60. The SMILES string of the molecule is O=c1cc(NCc2ccc(Cl)c(C(F)(F)F)c2)[nH]c2ccc(Oc3ccccc3)cc12. The number of rotatable bonds is 5. The second-order valence-electron chi connectivity index (χ2n) is 6.84. The summed E-state index contributed by atoms with van der Waals surface area (Å²) in [5.41, 5.74) is -0.194. The van der Waals surface area contributed by atoms with Gasteiger partial charge in [0.05, 0.1) is 16.1 Å². The van der Waals surface area contributed by atoms with Crippen LogP contribution in [0.15, 0.2) is 77.6 Å². The van der Waals surface area contributed by atoms with Gasteiger partial charge in [0, 0.05) is 18.0 Å². The van der Waals surface area contributed by atoms with E-state index >= 15 is 0 Å². The van der Waals surface area contributed by atoms with Crippen molar-refractivity contribution in [1.82, 2.24) is 4.98 Å². The van der Waals surface area contributed by atoms with Crippen molar-refractivity contribution in [2.45, 2.75) is 12.7 Å². The topological polar surface area (TPSA) is 54.1 Å². The lowest BCUT2D eigenvalue weighted by Gasteiger charge is -2.12. The number of halogens is 4. The third-order valence-electron chi connectivity index (χ3n) is 4.60. The minimum atomic E-state index is -4.54. The molecule has 158 valence electrons. The molecule has 1 heterocycles. The number of benzene rings is 3. The lowest BCUT2D eigenvalue weighted by Crippen LogP contribution is -2.10. The fourth-order valence-corrected chi connectivity index (χ4v) is 3.33. The van der Waals surface area contributed by atoms with Gasteiger partial charge in [-0.15, -0.1) is 0 Å². The van der Waals surface area contributed by atoms with Crippen molar-refractivity contribution in [3.8, 4) is 11.5 Å². The number of ether oxygens (including phenoxy) is 1. The van der Waals surface area contributed by atoms with E-state index < -0.39 is 11.7 Å². The number of pyridine rings is 1. The van der Waals surface area contributed by atoms with E-state index in [0.29, 0.717) is 33.8 Å². The fraction of sp³-hybridized carbons (Fsp3) is 0.0870. The second kappa shape index (κ2) is 8.35. The van der Waals surface area contributed by atoms with Crippen molar-refractivity contribution in [1.29, 1.82) is 0 Å². The molecule has 4 nitrogen and oxygen atoms in total. The Morgan fingerprint density at radius 1 is 0.935 bits per heavy atom. The van der Waals surface area contributed by atoms with Crippen molar-refractivity contribution in [2.24, 2.45) is 0 Å². The van der Waals surface area contributed by atoms with E-state index in [1.807, 2.05) is 30.3 Å². The van der Waals surface area contributed by atoms with Gasteiger partial charge < -0.3 is 15.0 Å². The maximum atomic E-state index is 13.0. The summed E-state index contributed by atoms with van der Waals surface area (Å²) in [5, 5.41) is 3.03. The highest BCUT2D eigenvalue weighted by molar-refractivity contribution is 6.31. The number of H-pyrrole nitrogens is 1. The highest BCUT2D eigenvalue weighted by Gasteiger charge is 2.33. The first kappa shape index (κ1) is 20.8. The van der Waals surface area contributed by atoms with Crippen molar-refractivity contribution in [3.63, 3.8) is 0 Å². The molecule has 0 fully saturated rings. The molecule has 0 unspecified atom stereocenters. The summed E-state index contributed by atoms with van der Waals surface area (Å²) in [6.07, 6.45) is -4.54. The molecule has 0 saturated carbocycles. The first-order chi connectivity index (χ1) is 14.8. The Labute approximate surface area is 180 Å². The molecule has 0 spiro atoms. The minimum absolute atomic E-state index is 0.0803. The second-order valence-corrected chi connectivity index (χ2v) is 7.24. The third kappa shape index (κ3) is 4.83. The number of fused-ring (bicyclic) bond motifs is 1. The molecule has 31 heavy (non-hydrogen) atoms. The summed E-state index contributed by atoms with van der Waals surface area (Å²) in [5.74, 6) is 1.56. The first-order valence-corrected chi connectivity index (χ1v) is 9.67. The highest BCUT2D eigenvalue weighted by Crippen LogP contribution is 2.35. The molecule has 0 amide bonds. The first-order valence-electron chi connectivity index (χ1n) is 9.29. The zero-order chi connectivity index (χ0) is 22.0. The van der Waals surface area contributed by atoms with Crippen LogP contribution in [0.2, 0.25) is 5.02 Å². The van der Waals surface area contributed by atoms with Crippen molar-refractivity contribution < 1.29 is 17.9 Å². The molecule has 8 heteroatoms. The molecule has 0 bridgehead atoms. The minimum Gasteiger partial charge on any atom is -0.457 e. The van der Waals surface area contributed by atoms with E-state index in [4.69, 9.17) is 16.3 Å². The van der Waals surface area contributed by atoms with Crippen LogP contribution >= 0.6 is 11.6 Å². The predicted molar refractivity (Wildman–Crippen MR) is 115 cm³/mol. The van der Waals surface area contributed by atoms with Crippen LogP contribution < -0.4 is 15.5 Å². The smallest absolute Gasteiger partial charge is 0.417 e. The average molecular weight is 445 g/mol. The van der Waals surface area contributed by atoms with E-state index in [9.17, 15) is 18.0 Å². The number of nitrogens with one attached hydrogen (secondary N) is 2. The maximum absolute atomic E-state index is 13.0. The molecule has 0 radical (unpaired) electrons. The number of aromatic nitrogens is 1. The Balaban J connectivity index is 1.54. The lowest BCUT2D eigenvalue weighted by molar-refractivity contribution is -0.137. The van der Waals surface area contributed by atoms with Crippen LogP contribution in [-0.2, 0) is 12.7 Å². The van der Waals surface area contributed by atoms with Gasteiger partial charge in [-0.25, -0.2) is 0 Å². The van der Waals surface area contributed by atoms with Crippen LogP contribution in [0.5, 0.6) is 11.5 Å². The monoisotopic (exact) mass is 444 g/mol. The molecule has 0 atom stereocenters. The van der Waals surface area contributed by atoms with Crippen LogP contribution in [0, 0.1) is 0 Å². The Morgan fingerprint density at radius 3 is 2.45 bits per heavy atom. The molecule has 1 aromatic heterocycles. The van der Waals surface area contributed by atoms with Gasteiger partial charge in [0.1, 0.15) is 17.3 Å². The molecule has 0 aliphatic rings. The van der Waals surface area contributed by atoms with Gasteiger partial charge in [0.2, 0.25) is 0 Å². The van der Waals surface area contributed by atoms with Crippen LogP contribution in [0.25, 0.3) is 10.9 Å². The Hall–Kier alpha value is -3.45. The largest absolute Gasteiger partial charge is 0.457 e. The zero-order valence-corrected chi connectivity index (χ0v) is 16.7. The average Bonchev–Trinajstić information content (AvgIpc) is 2.73. The standard InChI is InChI=1S/C23H16ClF3N2O2/c24-19-8-6-14(10-18(19)23(25,26)27)13-28-22-12-21(30)17-11-16(7-9-20(17)29-22)31-15-4-2-1-3-5-15/h1-12H,13H2,(H2,28,29,30). The number of anilines is 1. The quantitative estimate of drug-likeness (QED) is 0.364. The number of alkyl halides is 3. The van der Waals surface area contributed by atoms with Gasteiger partial charge in [-0.2, -0.15) is 13.2 Å². The van der Waals surface area contributed by atoms with E-state index in [-0.39, 0.29) is 17.0 Å². The number of hydrogen-bond acceptors (Lipinski definition) is 3. The summed E-state index contributed by atoms with van der Waals surface area (Å²) in [4.78, 5) is 15.6. The van der Waals surface area contributed by atoms with E-state index in [1.165, 1.54) is 18.2 Å². The van der Waals surface area contributed by atoms with Crippen molar-refractivity contribution in [3.05, 3.63) is 99.2 Å². The molecular weight excluding hydrogens is 429 g/mol. The van der Waals surface area contributed by atoms with Gasteiger partial charge in [-0.1, -0.05) is 35.9 Å².